The zero-order valence-electron chi connectivity index (χ0n) is 11.5. The summed E-state index contributed by atoms with van der Waals surface area (Å²) < 4.78 is 0. The van der Waals surface area contributed by atoms with Crippen LogP contribution in [0.15, 0.2) is 18.2 Å². The summed E-state index contributed by atoms with van der Waals surface area (Å²) in [5.41, 5.74) is 5.71. The molecule has 0 aliphatic rings. The molecule has 1 rings (SSSR count). The minimum Gasteiger partial charge on any atom is -0.506 e. The number of hydrogen-bond donors (Lipinski definition) is 3. The van der Waals surface area contributed by atoms with Gasteiger partial charge in [0.25, 0.3) is 5.91 Å². The quantitative estimate of drug-likeness (QED) is 0.778. The Morgan fingerprint density at radius 3 is 2.63 bits per heavy atom. The van der Waals surface area contributed by atoms with Crippen LogP contribution in [0.25, 0.3) is 0 Å². The fraction of sp³-hybridized carbons (Fsp3) is 0.500. The maximum Gasteiger partial charge on any atom is 0.251 e. The lowest BCUT2D eigenvalue weighted by Gasteiger charge is -2.31. The number of rotatable bonds is 5. The molecule has 0 heterocycles. The van der Waals surface area contributed by atoms with Crippen molar-refractivity contribution in [3.05, 3.63) is 28.8 Å². The Kier molecular flexibility index (Phi) is 5.20. The number of phenols is 1. The first-order valence-electron chi connectivity index (χ1n) is 6.28. The number of benzene rings is 1. The van der Waals surface area contributed by atoms with Gasteiger partial charge in [-0.2, -0.15) is 0 Å². The Labute approximate surface area is 118 Å². The fourth-order valence-corrected chi connectivity index (χ4v) is 2.26. The molecule has 4 nitrogen and oxygen atoms in total. The molecular weight excluding hydrogens is 264 g/mol. The molecule has 5 heteroatoms. The minimum atomic E-state index is -0.449. The van der Waals surface area contributed by atoms with Gasteiger partial charge in [-0.05, 0) is 37.5 Å². The lowest BCUT2D eigenvalue weighted by molar-refractivity contribution is 0.0898. The Hall–Kier alpha value is -1.26. The van der Waals surface area contributed by atoms with Crippen molar-refractivity contribution in [1.82, 2.24) is 5.32 Å². The van der Waals surface area contributed by atoms with Crippen LogP contribution in [-0.4, -0.2) is 23.1 Å². The van der Waals surface area contributed by atoms with Crippen LogP contribution in [-0.2, 0) is 0 Å². The molecule has 0 saturated heterocycles. The van der Waals surface area contributed by atoms with Crippen molar-refractivity contribution < 1.29 is 9.90 Å². The number of carbonyl (C=O) groups is 1. The molecule has 0 aliphatic heterocycles. The highest BCUT2D eigenvalue weighted by Gasteiger charge is 2.26. The Balaban J connectivity index is 2.85. The van der Waals surface area contributed by atoms with E-state index in [9.17, 15) is 9.90 Å². The van der Waals surface area contributed by atoms with E-state index in [0.29, 0.717) is 18.0 Å². The second-order valence-corrected chi connectivity index (χ2v) is 5.89. The molecule has 1 aromatic carbocycles. The first-order valence-corrected chi connectivity index (χ1v) is 6.66. The monoisotopic (exact) mass is 284 g/mol. The van der Waals surface area contributed by atoms with Crippen LogP contribution in [0.3, 0.4) is 0 Å². The summed E-state index contributed by atoms with van der Waals surface area (Å²) in [6, 6.07) is 4.38. The third kappa shape index (κ3) is 4.40. The van der Waals surface area contributed by atoms with E-state index in [2.05, 4.69) is 19.2 Å². The van der Waals surface area contributed by atoms with Crippen molar-refractivity contribution in [1.29, 1.82) is 0 Å². The van der Waals surface area contributed by atoms with Crippen LogP contribution in [0.4, 0.5) is 0 Å². The normalized spacial score (nSPS) is 14.2. The number of amides is 1. The molecule has 0 radical (unpaired) electrons. The lowest BCUT2D eigenvalue weighted by atomic mass is 9.90. The molecule has 0 aliphatic carbocycles. The summed E-state index contributed by atoms with van der Waals surface area (Å²) in [6.45, 7) is 6.45. The van der Waals surface area contributed by atoms with Crippen LogP contribution in [0.5, 0.6) is 5.75 Å². The molecule has 4 N–H and O–H groups in total. The van der Waals surface area contributed by atoms with Gasteiger partial charge in [0.15, 0.2) is 0 Å². The van der Waals surface area contributed by atoms with Crippen LogP contribution in [0, 0.1) is 5.92 Å². The smallest absolute Gasteiger partial charge is 0.251 e. The summed E-state index contributed by atoms with van der Waals surface area (Å²) >= 11 is 5.79. The van der Waals surface area contributed by atoms with Crippen LogP contribution in [0.2, 0.25) is 5.02 Å². The van der Waals surface area contributed by atoms with Crippen LogP contribution < -0.4 is 11.1 Å². The highest BCUT2D eigenvalue weighted by molar-refractivity contribution is 6.32. The third-order valence-corrected chi connectivity index (χ3v) is 3.24. The van der Waals surface area contributed by atoms with Gasteiger partial charge < -0.3 is 16.2 Å². The Morgan fingerprint density at radius 2 is 2.16 bits per heavy atom. The van der Waals surface area contributed by atoms with Gasteiger partial charge in [0.1, 0.15) is 5.75 Å². The molecule has 0 spiro atoms. The maximum absolute atomic E-state index is 12.2. The number of hydrogen-bond acceptors (Lipinski definition) is 3. The van der Waals surface area contributed by atoms with Crippen molar-refractivity contribution in [2.24, 2.45) is 11.7 Å². The maximum atomic E-state index is 12.2. The molecule has 0 saturated carbocycles. The van der Waals surface area contributed by atoms with E-state index in [1.165, 1.54) is 18.2 Å². The standard InChI is InChI=1S/C14H21ClN2O2/c1-9(2)7-14(3,8-16)17-13(19)10-4-5-12(18)11(15)6-10/h4-6,9,18H,7-8,16H2,1-3H3,(H,17,19). The first-order chi connectivity index (χ1) is 8.77. The minimum absolute atomic E-state index is 0.0398. The molecule has 0 bridgehead atoms. The van der Waals surface area contributed by atoms with Gasteiger partial charge in [-0.15, -0.1) is 0 Å². The highest BCUT2D eigenvalue weighted by Crippen LogP contribution is 2.24. The zero-order chi connectivity index (χ0) is 14.6. The number of aromatic hydroxyl groups is 1. The predicted octanol–water partition coefficient (Wildman–Crippen LogP) is 2.54. The number of phenolic OH excluding ortho intramolecular Hbond substituents is 1. The molecule has 0 aromatic heterocycles. The van der Waals surface area contributed by atoms with Gasteiger partial charge in [0, 0.05) is 17.6 Å². The van der Waals surface area contributed by atoms with E-state index in [1.54, 1.807) is 0 Å². The second kappa shape index (κ2) is 6.26. The summed E-state index contributed by atoms with van der Waals surface area (Å²) in [5.74, 6) is 0.148. The van der Waals surface area contributed by atoms with Gasteiger partial charge in [-0.3, -0.25) is 4.79 Å². The molecule has 106 valence electrons. The van der Waals surface area contributed by atoms with E-state index < -0.39 is 5.54 Å². The fourth-order valence-electron chi connectivity index (χ4n) is 2.08. The predicted molar refractivity (Wildman–Crippen MR) is 77.5 cm³/mol. The number of carbonyl (C=O) groups excluding carboxylic acids is 1. The SMILES string of the molecule is CC(C)CC(C)(CN)NC(=O)c1ccc(O)c(Cl)c1. The summed E-state index contributed by atoms with van der Waals surface area (Å²) in [6.07, 6.45) is 0.793. The van der Waals surface area contributed by atoms with Crippen molar-refractivity contribution in [3.63, 3.8) is 0 Å². The molecule has 1 aromatic rings. The highest BCUT2D eigenvalue weighted by atomic mass is 35.5. The van der Waals surface area contributed by atoms with Crippen molar-refractivity contribution in [3.8, 4) is 5.75 Å². The molecule has 0 fully saturated rings. The van der Waals surface area contributed by atoms with Gasteiger partial charge in [0.2, 0.25) is 0 Å². The summed E-state index contributed by atoms with van der Waals surface area (Å²) in [4.78, 5) is 12.2. The lowest BCUT2D eigenvalue weighted by Crippen LogP contribution is -2.52. The van der Waals surface area contributed by atoms with E-state index in [-0.39, 0.29) is 16.7 Å². The number of nitrogens with one attached hydrogen (secondary N) is 1. The van der Waals surface area contributed by atoms with E-state index >= 15 is 0 Å². The van der Waals surface area contributed by atoms with Gasteiger partial charge in [-0.1, -0.05) is 25.4 Å². The summed E-state index contributed by atoms with van der Waals surface area (Å²) in [5, 5.41) is 12.4. The van der Waals surface area contributed by atoms with Crippen molar-refractivity contribution >= 4 is 17.5 Å². The first kappa shape index (κ1) is 15.8. The molecule has 1 atom stereocenters. The van der Waals surface area contributed by atoms with Crippen molar-refractivity contribution in [2.45, 2.75) is 32.7 Å². The van der Waals surface area contributed by atoms with Crippen molar-refractivity contribution in [2.75, 3.05) is 6.54 Å². The van der Waals surface area contributed by atoms with Gasteiger partial charge >= 0.3 is 0 Å². The van der Waals surface area contributed by atoms with Gasteiger partial charge in [0.05, 0.1) is 5.02 Å². The number of nitrogens with two attached hydrogens (primary N) is 1. The summed E-state index contributed by atoms with van der Waals surface area (Å²) in [7, 11) is 0. The average Bonchev–Trinajstić information content (AvgIpc) is 2.31. The average molecular weight is 285 g/mol. The molecule has 1 amide bonds. The van der Waals surface area contributed by atoms with E-state index in [0.717, 1.165) is 6.42 Å². The Bertz CT molecular complexity index is 463. The van der Waals surface area contributed by atoms with Crippen LogP contribution >= 0.6 is 11.6 Å². The Morgan fingerprint density at radius 1 is 1.53 bits per heavy atom. The largest absolute Gasteiger partial charge is 0.506 e. The second-order valence-electron chi connectivity index (χ2n) is 5.48. The van der Waals surface area contributed by atoms with E-state index in [4.69, 9.17) is 17.3 Å². The topological polar surface area (TPSA) is 75.3 Å². The zero-order valence-corrected chi connectivity index (χ0v) is 12.3. The third-order valence-electron chi connectivity index (χ3n) is 2.93. The van der Waals surface area contributed by atoms with Gasteiger partial charge in [-0.25, -0.2) is 0 Å². The molecular formula is C14H21ClN2O2. The molecule has 19 heavy (non-hydrogen) atoms. The van der Waals surface area contributed by atoms with E-state index in [1.807, 2.05) is 6.92 Å². The molecule has 1 unspecified atom stereocenters. The number of halogens is 1. The van der Waals surface area contributed by atoms with Crippen LogP contribution in [0.1, 0.15) is 37.6 Å².